The van der Waals surface area contributed by atoms with Crippen LogP contribution in [0.5, 0.6) is 0 Å². The number of amides is 3. The number of nitrogens with zero attached hydrogens (tertiary/aromatic N) is 2. The lowest BCUT2D eigenvalue weighted by molar-refractivity contribution is -0.123. The zero-order valence-corrected chi connectivity index (χ0v) is 18.9. The van der Waals surface area contributed by atoms with Crippen molar-refractivity contribution < 1.29 is 14.4 Å². The van der Waals surface area contributed by atoms with E-state index in [0.29, 0.717) is 25.2 Å². The summed E-state index contributed by atoms with van der Waals surface area (Å²) in [5.41, 5.74) is 3.08. The molecule has 8 heteroatoms. The number of rotatable bonds is 6. The van der Waals surface area contributed by atoms with Gasteiger partial charge in [-0.2, -0.15) is 0 Å². The molecule has 34 heavy (non-hydrogen) atoms. The van der Waals surface area contributed by atoms with Gasteiger partial charge in [-0.15, -0.1) is 0 Å². The fraction of sp³-hybridized carbons (Fsp3) is 0.231. The summed E-state index contributed by atoms with van der Waals surface area (Å²) in [5, 5.41) is 5.47. The Labute approximate surface area is 197 Å². The third-order valence-electron chi connectivity index (χ3n) is 5.68. The van der Waals surface area contributed by atoms with Crippen LogP contribution in [0.25, 0.3) is 0 Å². The molecule has 1 fully saturated rings. The Morgan fingerprint density at radius 2 is 1.79 bits per heavy atom. The summed E-state index contributed by atoms with van der Waals surface area (Å²) in [4.78, 5) is 51.1. The zero-order chi connectivity index (χ0) is 24.1. The Balaban J connectivity index is 1.38. The van der Waals surface area contributed by atoms with E-state index in [-0.39, 0.29) is 36.0 Å². The molecule has 0 atom stereocenters. The molecule has 0 unspecified atom stereocenters. The Bertz CT molecular complexity index is 1280. The van der Waals surface area contributed by atoms with Crippen LogP contribution >= 0.6 is 0 Å². The van der Waals surface area contributed by atoms with Crippen molar-refractivity contribution in [1.29, 1.82) is 0 Å². The summed E-state index contributed by atoms with van der Waals surface area (Å²) >= 11 is 0. The van der Waals surface area contributed by atoms with E-state index >= 15 is 0 Å². The molecule has 2 N–H and O–H groups in total. The third kappa shape index (κ3) is 5.40. The molecule has 8 nitrogen and oxygen atoms in total. The highest BCUT2D eigenvalue weighted by atomic mass is 16.2. The average Bonchev–Trinajstić information content (AvgIpc) is 2.84. The number of benzene rings is 2. The van der Waals surface area contributed by atoms with Crippen molar-refractivity contribution in [2.24, 2.45) is 0 Å². The van der Waals surface area contributed by atoms with Crippen LogP contribution in [0.4, 0.5) is 0 Å². The molecule has 3 amide bonds. The van der Waals surface area contributed by atoms with E-state index in [2.05, 4.69) is 10.6 Å². The van der Waals surface area contributed by atoms with Crippen LogP contribution in [0.1, 0.15) is 37.4 Å². The second-order valence-corrected chi connectivity index (χ2v) is 8.30. The van der Waals surface area contributed by atoms with Gasteiger partial charge in [0.1, 0.15) is 5.56 Å². The summed E-state index contributed by atoms with van der Waals surface area (Å²) in [7, 11) is 0. The number of nitrogens with one attached hydrogen (secondary N) is 2. The number of pyridine rings is 1. The molecule has 3 aromatic rings. The first kappa shape index (κ1) is 23.0. The number of piperazine rings is 1. The van der Waals surface area contributed by atoms with Crippen LogP contribution in [0, 0.1) is 6.92 Å². The van der Waals surface area contributed by atoms with Crippen LogP contribution in [-0.4, -0.2) is 46.8 Å². The van der Waals surface area contributed by atoms with Gasteiger partial charge in [-0.25, -0.2) is 0 Å². The van der Waals surface area contributed by atoms with Gasteiger partial charge in [-0.3, -0.25) is 19.2 Å². The smallest absolute Gasteiger partial charge is 0.263 e. The lowest BCUT2D eigenvalue weighted by atomic mass is 10.1. The minimum Gasteiger partial charge on any atom is -0.353 e. The van der Waals surface area contributed by atoms with Crippen LogP contribution in [0.3, 0.4) is 0 Å². The number of hydrogen-bond acceptors (Lipinski definition) is 4. The zero-order valence-electron chi connectivity index (χ0n) is 18.9. The quantitative estimate of drug-likeness (QED) is 0.587. The molecule has 4 rings (SSSR count). The molecule has 0 aliphatic carbocycles. The monoisotopic (exact) mass is 458 g/mol. The van der Waals surface area contributed by atoms with Gasteiger partial charge in [0.05, 0.1) is 13.1 Å². The molecule has 0 saturated carbocycles. The van der Waals surface area contributed by atoms with E-state index in [9.17, 15) is 19.2 Å². The second kappa shape index (κ2) is 10.2. The van der Waals surface area contributed by atoms with Crippen LogP contribution in [-0.2, 0) is 17.9 Å². The second-order valence-electron chi connectivity index (χ2n) is 8.30. The lowest BCUT2D eigenvalue weighted by Crippen LogP contribution is -2.49. The van der Waals surface area contributed by atoms with E-state index in [1.165, 1.54) is 15.5 Å². The highest BCUT2D eigenvalue weighted by Gasteiger charge is 2.22. The number of aromatic nitrogens is 1. The summed E-state index contributed by atoms with van der Waals surface area (Å²) in [6, 6.07) is 17.9. The first-order valence-electron chi connectivity index (χ1n) is 11.1. The maximum absolute atomic E-state index is 12.8. The highest BCUT2D eigenvalue weighted by molar-refractivity contribution is 5.97. The molecule has 0 bridgehead atoms. The molecule has 2 aromatic carbocycles. The molecule has 0 spiro atoms. The fourth-order valence-electron chi connectivity index (χ4n) is 3.88. The number of carbonyl (C=O) groups is 3. The minimum absolute atomic E-state index is 0.0507. The Morgan fingerprint density at radius 1 is 1.00 bits per heavy atom. The van der Waals surface area contributed by atoms with Gasteiger partial charge in [0.2, 0.25) is 5.91 Å². The third-order valence-corrected chi connectivity index (χ3v) is 5.68. The minimum atomic E-state index is -0.455. The van der Waals surface area contributed by atoms with Crippen molar-refractivity contribution in [1.82, 2.24) is 20.1 Å². The van der Waals surface area contributed by atoms with Crippen molar-refractivity contribution in [2.45, 2.75) is 20.0 Å². The Hall–Kier alpha value is -4.20. The molecule has 1 aromatic heterocycles. The molecule has 1 aliphatic rings. The standard InChI is InChI=1S/C26H26N4O4/c1-18-4-2-5-20(14-18)16-29-12-3-6-22(26(29)34)24(32)28-15-19-7-9-21(10-8-19)25(33)30-13-11-27-23(31)17-30/h2-10,12,14H,11,13,15-17H2,1H3,(H,27,31)(H,28,32). The van der Waals surface area contributed by atoms with Crippen molar-refractivity contribution in [3.63, 3.8) is 0 Å². The van der Waals surface area contributed by atoms with E-state index in [0.717, 1.165) is 16.7 Å². The van der Waals surface area contributed by atoms with Crippen molar-refractivity contribution >= 4 is 17.7 Å². The summed E-state index contributed by atoms with van der Waals surface area (Å²) in [6.45, 7) is 3.56. The molecule has 1 aliphatic heterocycles. The van der Waals surface area contributed by atoms with Crippen molar-refractivity contribution in [3.05, 3.63) is 105 Å². The lowest BCUT2D eigenvalue weighted by Gasteiger charge is -2.26. The largest absolute Gasteiger partial charge is 0.353 e. The predicted molar refractivity (Wildman–Crippen MR) is 128 cm³/mol. The first-order chi connectivity index (χ1) is 16.4. The van der Waals surface area contributed by atoms with Gasteiger partial charge in [0.15, 0.2) is 0 Å². The van der Waals surface area contributed by atoms with Crippen LogP contribution in [0.2, 0.25) is 0 Å². The molecule has 1 saturated heterocycles. The number of aryl methyl sites for hydroxylation is 1. The van der Waals surface area contributed by atoms with Crippen molar-refractivity contribution in [2.75, 3.05) is 19.6 Å². The molecule has 0 radical (unpaired) electrons. The normalized spacial score (nSPS) is 13.3. The average molecular weight is 459 g/mol. The fourth-order valence-corrected chi connectivity index (χ4v) is 3.88. The molecule has 2 heterocycles. The van der Waals surface area contributed by atoms with Crippen molar-refractivity contribution in [3.8, 4) is 0 Å². The van der Waals surface area contributed by atoms with E-state index < -0.39 is 5.91 Å². The van der Waals surface area contributed by atoms with E-state index in [4.69, 9.17) is 0 Å². The van der Waals surface area contributed by atoms with Crippen LogP contribution in [0.15, 0.2) is 71.7 Å². The maximum atomic E-state index is 12.8. The van der Waals surface area contributed by atoms with Gasteiger partial charge in [-0.05, 0) is 42.3 Å². The van der Waals surface area contributed by atoms with E-state index in [1.54, 1.807) is 36.5 Å². The topological polar surface area (TPSA) is 101 Å². The number of hydrogen-bond donors (Lipinski definition) is 2. The summed E-state index contributed by atoms with van der Waals surface area (Å²) in [5.74, 6) is -0.829. The Morgan fingerprint density at radius 3 is 2.53 bits per heavy atom. The first-order valence-corrected chi connectivity index (χ1v) is 11.1. The summed E-state index contributed by atoms with van der Waals surface area (Å²) in [6.07, 6.45) is 1.67. The van der Waals surface area contributed by atoms with Gasteiger partial charge >= 0.3 is 0 Å². The van der Waals surface area contributed by atoms with E-state index in [1.807, 2.05) is 31.2 Å². The maximum Gasteiger partial charge on any atom is 0.263 e. The highest BCUT2D eigenvalue weighted by Crippen LogP contribution is 2.10. The molecular weight excluding hydrogens is 432 g/mol. The van der Waals surface area contributed by atoms with Gasteiger partial charge in [0.25, 0.3) is 17.4 Å². The Kier molecular flexibility index (Phi) is 6.87. The van der Waals surface area contributed by atoms with Gasteiger partial charge in [0, 0.05) is 31.4 Å². The predicted octanol–water partition coefficient (Wildman–Crippen LogP) is 1.71. The number of carbonyl (C=O) groups excluding carboxylic acids is 3. The van der Waals surface area contributed by atoms with Gasteiger partial charge in [-0.1, -0.05) is 42.0 Å². The summed E-state index contributed by atoms with van der Waals surface area (Å²) < 4.78 is 1.52. The molecular formula is C26H26N4O4. The van der Waals surface area contributed by atoms with Crippen LogP contribution < -0.4 is 16.2 Å². The molecule has 174 valence electrons. The SMILES string of the molecule is Cc1cccc(Cn2cccc(C(=O)NCc3ccc(C(=O)N4CCNC(=O)C4)cc3)c2=O)c1. The van der Waals surface area contributed by atoms with Gasteiger partial charge < -0.3 is 20.1 Å².